The molecule has 0 unspecified atom stereocenters. The molecule has 2 rings (SSSR count). The van der Waals surface area contributed by atoms with E-state index in [1.54, 1.807) is 13.8 Å². The van der Waals surface area contributed by atoms with E-state index in [0.717, 1.165) is 6.20 Å². The molecule has 0 radical (unpaired) electrons. The van der Waals surface area contributed by atoms with E-state index < -0.39 is 24.9 Å². The Balaban J connectivity index is 2.42. The fraction of sp³-hybridized carbons (Fsp3) is 0.556. The van der Waals surface area contributed by atoms with Crippen molar-refractivity contribution < 1.29 is 18.9 Å². The van der Waals surface area contributed by atoms with Gasteiger partial charge in [0.15, 0.2) is 19.7 Å². The third-order valence-electron chi connectivity index (χ3n) is 5.37. The molecule has 1 aromatic heterocycles. The Labute approximate surface area is 154 Å². The molecule has 0 aliphatic carbocycles. The normalized spacial score (nSPS) is 24.0. The number of nitrogens with zero attached hydrogens (tertiary/aromatic N) is 2. The summed E-state index contributed by atoms with van der Waals surface area (Å²) in [5.41, 5.74) is -1.10. The number of hydrogen-bond acceptors (Lipinski definition) is 6. The molecule has 2 atom stereocenters. The SMILES string of the molecule is C[C@H]1OC(c2ccncc2[N+](=O)[O-])=CC(=O)[C@]1(C)O[Si](C)(C)C(C)(C)C. The average Bonchev–Trinajstić information content (AvgIpc) is 2.51. The van der Waals surface area contributed by atoms with E-state index in [9.17, 15) is 14.9 Å². The first-order valence-electron chi connectivity index (χ1n) is 8.51. The summed E-state index contributed by atoms with van der Waals surface area (Å²) in [4.78, 5) is 27.4. The maximum atomic E-state index is 13.0. The van der Waals surface area contributed by atoms with Gasteiger partial charge in [0.05, 0.1) is 10.5 Å². The van der Waals surface area contributed by atoms with Crippen LogP contribution in [0, 0.1) is 10.1 Å². The summed E-state index contributed by atoms with van der Waals surface area (Å²) in [5.74, 6) is -0.0740. The van der Waals surface area contributed by atoms with E-state index in [0.29, 0.717) is 0 Å². The zero-order chi connectivity index (χ0) is 19.9. The van der Waals surface area contributed by atoms with Crippen molar-refractivity contribution >= 4 is 25.5 Å². The van der Waals surface area contributed by atoms with E-state index >= 15 is 0 Å². The molecule has 1 aliphatic rings. The molecular formula is C18H26N2O5Si. The summed E-state index contributed by atoms with van der Waals surface area (Å²) >= 11 is 0. The second-order valence-corrected chi connectivity index (χ2v) is 13.0. The van der Waals surface area contributed by atoms with Gasteiger partial charge in [0, 0.05) is 12.3 Å². The number of aromatic nitrogens is 1. The van der Waals surface area contributed by atoms with Gasteiger partial charge in [-0.05, 0) is 38.0 Å². The van der Waals surface area contributed by atoms with E-state index in [2.05, 4.69) is 38.8 Å². The molecule has 0 bridgehead atoms. The van der Waals surface area contributed by atoms with Crippen LogP contribution in [0.2, 0.25) is 18.1 Å². The van der Waals surface area contributed by atoms with Gasteiger partial charge in [-0.2, -0.15) is 0 Å². The summed E-state index contributed by atoms with van der Waals surface area (Å²) < 4.78 is 12.3. The van der Waals surface area contributed by atoms with Gasteiger partial charge in [0.2, 0.25) is 0 Å². The summed E-state index contributed by atoms with van der Waals surface area (Å²) in [6.07, 6.45) is 3.29. The minimum absolute atomic E-state index is 0.0656. The second kappa shape index (κ2) is 6.59. The lowest BCUT2D eigenvalue weighted by Crippen LogP contribution is -2.58. The summed E-state index contributed by atoms with van der Waals surface area (Å²) in [5, 5.41) is 11.2. The van der Waals surface area contributed by atoms with Gasteiger partial charge >= 0.3 is 0 Å². The predicted octanol–water partition coefficient (Wildman–Crippen LogP) is 4.10. The lowest BCUT2D eigenvalue weighted by atomic mass is 9.91. The molecule has 2 heterocycles. The van der Waals surface area contributed by atoms with Gasteiger partial charge in [-0.3, -0.25) is 19.9 Å². The molecule has 1 aliphatic heterocycles. The van der Waals surface area contributed by atoms with Crippen molar-refractivity contribution in [3.05, 3.63) is 40.2 Å². The van der Waals surface area contributed by atoms with Crippen LogP contribution in [0.15, 0.2) is 24.5 Å². The van der Waals surface area contributed by atoms with Gasteiger partial charge in [0.25, 0.3) is 5.69 Å². The Morgan fingerprint density at radius 1 is 1.38 bits per heavy atom. The predicted molar refractivity (Wildman–Crippen MR) is 101 cm³/mol. The highest BCUT2D eigenvalue weighted by Crippen LogP contribution is 2.43. The summed E-state index contributed by atoms with van der Waals surface area (Å²) in [6, 6.07) is 1.47. The smallest absolute Gasteiger partial charge is 0.298 e. The maximum absolute atomic E-state index is 13.0. The first-order chi connectivity index (χ1) is 11.8. The number of carbonyl (C=O) groups is 1. The average molecular weight is 379 g/mol. The maximum Gasteiger partial charge on any atom is 0.298 e. The molecule has 142 valence electrons. The van der Waals surface area contributed by atoms with Crippen LogP contribution in [0.4, 0.5) is 5.69 Å². The van der Waals surface area contributed by atoms with Gasteiger partial charge in [-0.15, -0.1) is 0 Å². The van der Waals surface area contributed by atoms with Gasteiger partial charge in [-0.1, -0.05) is 20.8 Å². The van der Waals surface area contributed by atoms with Crippen LogP contribution in [0.25, 0.3) is 5.76 Å². The molecule has 0 aromatic carbocycles. The van der Waals surface area contributed by atoms with Crippen LogP contribution in [-0.4, -0.2) is 35.7 Å². The molecular weight excluding hydrogens is 352 g/mol. The zero-order valence-electron chi connectivity index (χ0n) is 16.3. The Kier molecular flexibility index (Phi) is 5.13. The van der Waals surface area contributed by atoms with Gasteiger partial charge in [-0.25, -0.2) is 0 Å². The van der Waals surface area contributed by atoms with E-state index in [-0.39, 0.29) is 27.8 Å². The molecule has 0 saturated heterocycles. The minimum Gasteiger partial charge on any atom is -0.486 e. The molecule has 7 nitrogen and oxygen atoms in total. The van der Waals surface area contributed by atoms with Crippen LogP contribution in [0.1, 0.15) is 40.2 Å². The van der Waals surface area contributed by atoms with Crippen LogP contribution in [0.5, 0.6) is 0 Å². The number of hydrogen-bond donors (Lipinski definition) is 0. The third kappa shape index (κ3) is 3.56. The number of ether oxygens (including phenoxy) is 1. The van der Waals surface area contributed by atoms with Crippen LogP contribution in [0.3, 0.4) is 0 Å². The number of ketones is 1. The molecule has 0 N–H and O–H groups in total. The zero-order valence-corrected chi connectivity index (χ0v) is 17.3. The van der Waals surface area contributed by atoms with Crippen molar-refractivity contribution in [2.45, 2.75) is 64.5 Å². The summed E-state index contributed by atoms with van der Waals surface area (Å²) in [6.45, 7) is 13.9. The standard InChI is InChI=1S/C18H26N2O5Si/c1-12-18(5,25-26(6,7)17(2,3)4)16(21)10-15(24-12)13-8-9-19-11-14(13)20(22)23/h8-12H,1-7H3/t12-,18-/m1/s1. The van der Waals surface area contributed by atoms with Crippen LogP contribution in [-0.2, 0) is 14.0 Å². The highest BCUT2D eigenvalue weighted by Gasteiger charge is 2.51. The van der Waals surface area contributed by atoms with Crippen molar-refractivity contribution in [2.24, 2.45) is 0 Å². The molecule has 1 aromatic rings. The lowest BCUT2D eigenvalue weighted by Gasteiger charge is -2.46. The minimum atomic E-state index is -2.23. The quantitative estimate of drug-likeness (QED) is 0.445. The Hall–Kier alpha value is -2.06. The van der Waals surface area contributed by atoms with Crippen molar-refractivity contribution in [3.8, 4) is 0 Å². The van der Waals surface area contributed by atoms with Gasteiger partial charge in [0.1, 0.15) is 18.1 Å². The molecule has 0 spiro atoms. The number of pyridine rings is 1. The third-order valence-corrected chi connectivity index (χ3v) is 9.91. The number of rotatable bonds is 4. The van der Waals surface area contributed by atoms with Crippen molar-refractivity contribution in [3.63, 3.8) is 0 Å². The fourth-order valence-corrected chi connectivity index (χ4v) is 4.13. The lowest BCUT2D eigenvalue weighted by molar-refractivity contribution is -0.385. The monoisotopic (exact) mass is 378 g/mol. The summed E-state index contributed by atoms with van der Waals surface area (Å²) in [7, 11) is -2.23. The molecule has 0 saturated carbocycles. The topological polar surface area (TPSA) is 91.6 Å². The Bertz CT molecular complexity index is 769. The highest BCUT2D eigenvalue weighted by atomic mass is 28.4. The second-order valence-electron chi connectivity index (χ2n) is 8.25. The van der Waals surface area contributed by atoms with Crippen LogP contribution < -0.4 is 0 Å². The highest BCUT2D eigenvalue weighted by molar-refractivity contribution is 6.74. The Morgan fingerprint density at radius 2 is 2.00 bits per heavy atom. The number of carbonyl (C=O) groups excluding carboxylic acids is 1. The van der Waals surface area contributed by atoms with E-state index in [1.807, 2.05) is 0 Å². The van der Waals surface area contributed by atoms with Crippen molar-refractivity contribution in [2.75, 3.05) is 0 Å². The molecule has 8 heteroatoms. The van der Waals surface area contributed by atoms with E-state index in [4.69, 9.17) is 9.16 Å². The molecule has 26 heavy (non-hydrogen) atoms. The first-order valence-corrected chi connectivity index (χ1v) is 11.4. The van der Waals surface area contributed by atoms with Gasteiger partial charge < -0.3 is 9.16 Å². The molecule has 0 amide bonds. The number of nitro groups is 1. The van der Waals surface area contributed by atoms with Crippen LogP contribution >= 0.6 is 0 Å². The van der Waals surface area contributed by atoms with Crippen molar-refractivity contribution in [1.29, 1.82) is 0 Å². The molecule has 0 fully saturated rings. The van der Waals surface area contributed by atoms with Crippen molar-refractivity contribution in [1.82, 2.24) is 4.98 Å². The Morgan fingerprint density at radius 3 is 2.50 bits per heavy atom. The van der Waals surface area contributed by atoms with E-state index in [1.165, 1.54) is 18.3 Å². The largest absolute Gasteiger partial charge is 0.486 e. The first kappa shape index (κ1) is 20.3. The fourth-order valence-electron chi connectivity index (χ4n) is 2.50.